The molecule has 8 nitrogen and oxygen atoms in total. The third kappa shape index (κ3) is 4.99. The van der Waals surface area contributed by atoms with E-state index < -0.39 is 5.91 Å². The van der Waals surface area contributed by atoms with Crippen LogP contribution in [0.2, 0.25) is 10.0 Å². The molecular formula is C21H15Cl2N5O3. The second kappa shape index (κ2) is 9.11. The van der Waals surface area contributed by atoms with Gasteiger partial charge in [0.05, 0.1) is 10.0 Å². The van der Waals surface area contributed by atoms with Crippen molar-refractivity contribution in [1.29, 1.82) is 0 Å². The first-order valence-corrected chi connectivity index (χ1v) is 9.87. The lowest BCUT2D eigenvalue weighted by Gasteiger charge is -2.05. The molecule has 10 heteroatoms. The zero-order valence-electron chi connectivity index (χ0n) is 15.9. The summed E-state index contributed by atoms with van der Waals surface area (Å²) >= 11 is 11.8. The molecule has 0 aliphatic carbocycles. The van der Waals surface area contributed by atoms with E-state index in [1.54, 1.807) is 24.5 Å². The van der Waals surface area contributed by atoms with Gasteiger partial charge in [-0.15, -0.1) is 0 Å². The Morgan fingerprint density at radius 3 is 2.35 bits per heavy atom. The number of phenolic OH excluding ortho intramolecular Hbond substituents is 1. The minimum absolute atomic E-state index is 0.120. The van der Waals surface area contributed by atoms with Gasteiger partial charge in [0.1, 0.15) is 6.33 Å². The Labute approximate surface area is 186 Å². The van der Waals surface area contributed by atoms with Crippen LogP contribution in [0.5, 0.6) is 5.75 Å². The number of carbonyl (C=O) groups excluding carboxylic acids is 1. The summed E-state index contributed by atoms with van der Waals surface area (Å²) in [5.74, 6) is -0.534. The summed E-state index contributed by atoms with van der Waals surface area (Å²) in [6.45, 7) is 0.297. The predicted octanol–water partition coefficient (Wildman–Crippen LogP) is 4.06. The average molecular weight is 456 g/mol. The average Bonchev–Trinajstić information content (AvgIpc) is 3.25. The molecule has 4 rings (SSSR count). The first-order chi connectivity index (χ1) is 15.0. The fraction of sp³-hybridized carbons (Fsp3) is 0.0952. The monoisotopic (exact) mass is 455 g/mol. The van der Waals surface area contributed by atoms with E-state index in [9.17, 15) is 9.90 Å². The molecule has 0 atom stereocenters. The largest absolute Gasteiger partial charge is 0.505 e. The molecular weight excluding hydrogens is 441 g/mol. The minimum atomic E-state index is -0.485. The van der Waals surface area contributed by atoms with E-state index in [0.29, 0.717) is 12.1 Å². The molecule has 0 fully saturated rings. The SMILES string of the molecule is O=C(NCc1ccc(-c2cncnc2)cc1)c1nc(Cc2cc(Cl)c(O)c(Cl)c2)no1. The van der Waals surface area contributed by atoms with Crippen LogP contribution in [-0.4, -0.2) is 31.1 Å². The lowest BCUT2D eigenvalue weighted by molar-refractivity contribution is 0.0907. The summed E-state index contributed by atoms with van der Waals surface area (Å²) in [6.07, 6.45) is 5.18. The number of aromatic nitrogens is 4. The molecule has 31 heavy (non-hydrogen) atoms. The molecule has 1 amide bonds. The second-order valence-corrected chi connectivity index (χ2v) is 7.42. The van der Waals surface area contributed by atoms with Crippen LogP contribution in [-0.2, 0) is 13.0 Å². The smallest absolute Gasteiger partial charge is 0.315 e. The molecule has 2 heterocycles. The highest BCUT2D eigenvalue weighted by atomic mass is 35.5. The lowest BCUT2D eigenvalue weighted by atomic mass is 10.1. The van der Waals surface area contributed by atoms with Gasteiger partial charge < -0.3 is 14.9 Å². The quantitative estimate of drug-likeness (QED) is 0.450. The molecule has 0 radical (unpaired) electrons. The molecule has 4 aromatic rings. The van der Waals surface area contributed by atoms with Gasteiger partial charge in [0.25, 0.3) is 0 Å². The third-order valence-electron chi connectivity index (χ3n) is 4.40. The Kier molecular flexibility index (Phi) is 6.11. The summed E-state index contributed by atoms with van der Waals surface area (Å²) in [4.78, 5) is 24.4. The number of amides is 1. The maximum atomic E-state index is 12.3. The molecule has 2 aromatic heterocycles. The van der Waals surface area contributed by atoms with Gasteiger partial charge in [-0.05, 0) is 28.8 Å². The summed E-state index contributed by atoms with van der Waals surface area (Å²) in [6, 6.07) is 10.8. The van der Waals surface area contributed by atoms with Crippen LogP contribution in [0.1, 0.15) is 27.6 Å². The molecule has 156 valence electrons. The minimum Gasteiger partial charge on any atom is -0.505 e. The van der Waals surface area contributed by atoms with E-state index in [-0.39, 0.29) is 33.9 Å². The van der Waals surface area contributed by atoms with Gasteiger partial charge in [0.15, 0.2) is 11.6 Å². The molecule has 0 unspecified atom stereocenters. The first-order valence-electron chi connectivity index (χ1n) is 9.11. The summed E-state index contributed by atoms with van der Waals surface area (Å²) in [5.41, 5.74) is 3.46. The van der Waals surface area contributed by atoms with E-state index in [1.165, 1.54) is 6.33 Å². The predicted molar refractivity (Wildman–Crippen MR) is 114 cm³/mol. The molecule has 0 aliphatic rings. The maximum absolute atomic E-state index is 12.3. The zero-order chi connectivity index (χ0) is 21.8. The standard InChI is InChI=1S/C21H15Cl2N5O3/c22-16-5-13(6-17(23)19(16)29)7-18-27-21(31-28-18)20(30)26-8-12-1-3-14(4-2-12)15-9-24-11-25-10-15/h1-6,9-11,29H,7-8H2,(H,26,30). The first kappa shape index (κ1) is 20.8. The number of hydrogen-bond acceptors (Lipinski definition) is 7. The number of rotatable bonds is 6. The summed E-state index contributed by atoms with van der Waals surface area (Å²) in [5, 5.41) is 16.4. The molecule has 0 spiro atoms. The zero-order valence-corrected chi connectivity index (χ0v) is 17.4. The van der Waals surface area contributed by atoms with Crippen LogP contribution in [0.15, 0.2) is 59.6 Å². The Hall–Kier alpha value is -3.49. The number of phenols is 1. The van der Waals surface area contributed by atoms with Crippen LogP contribution in [0.3, 0.4) is 0 Å². The van der Waals surface area contributed by atoms with Gasteiger partial charge in [-0.2, -0.15) is 4.98 Å². The van der Waals surface area contributed by atoms with Crippen molar-refractivity contribution in [3.05, 3.63) is 88.0 Å². The highest BCUT2D eigenvalue weighted by Crippen LogP contribution is 2.33. The van der Waals surface area contributed by atoms with Gasteiger partial charge in [0, 0.05) is 30.9 Å². The number of hydrogen-bond donors (Lipinski definition) is 2. The Morgan fingerprint density at radius 2 is 1.68 bits per heavy atom. The number of nitrogens with one attached hydrogen (secondary N) is 1. The van der Waals surface area contributed by atoms with Crippen molar-refractivity contribution in [3.63, 3.8) is 0 Å². The summed E-state index contributed by atoms with van der Waals surface area (Å²) in [7, 11) is 0. The van der Waals surface area contributed by atoms with Crippen molar-refractivity contribution >= 4 is 29.1 Å². The van der Waals surface area contributed by atoms with Crippen LogP contribution in [0.25, 0.3) is 11.1 Å². The van der Waals surface area contributed by atoms with Crippen molar-refractivity contribution in [2.24, 2.45) is 0 Å². The molecule has 2 aromatic carbocycles. The molecule has 0 saturated carbocycles. The number of aromatic hydroxyl groups is 1. The van der Waals surface area contributed by atoms with Crippen LogP contribution < -0.4 is 5.32 Å². The Bertz CT molecular complexity index is 1190. The van der Waals surface area contributed by atoms with E-state index in [0.717, 1.165) is 16.7 Å². The van der Waals surface area contributed by atoms with Crippen LogP contribution in [0, 0.1) is 0 Å². The maximum Gasteiger partial charge on any atom is 0.315 e. The van der Waals surface area contributed by atoms with E-state index in [2.05, 4.69) is 25.4 Å². The Morgan fingerprint density at radius 1 is 1.00 bits per heavy atom. The molecule has 0 bridgehead atoms. The van der Waals surface area contributed by atoms with Crippen molar-refractivity contribution < 1.29 is 14.4 Å². The fourth-order valence-corrected chi connectivity index (χ4v) is 3.37. The van der Waals surface area contributed by atoms with E-state index in [1.807, 2.05) is 24.3 Å². The topological polar surface area (TPSA) is 114 Å². The van der Waals surface area contributed by atoms with Crippen LogP contribution >= 0.6 is 23.2 Å². The van der Waals surface area contributed by atoms with E-state index in [4.69, 9.17) is 27.7 Å². The molecule has 0 aliphatic heterocycles. The van der Waals surface area contributed by atoms with Crippen LogP contribution in [0.4, 0.5) is 0 Å². The van der Waals surface area contributed by atoms with Gasteiger partial charge in [-0.1, -0.05) is 52.6 Å². The van der Waals surface area contributed by atoms with Crippen molar-refractivity contribution in [2.75, 3.05) is 0 Å². The lowest BCUT2D eigenvalue weighted by Crippen LogP contribution is -2.23. The van der Waals surface area contributed by atoms with Crippen molar-refractivity contribution in [3.8, 4) is 16.9 Å². The molecule has 0 saturated heterocycles. The third-order valence-corrected chi connectivity index (χ3v) is 4.98. The number of benzene rings is 2. The van der Waals surface area contributed by atoms with Gasteiger partial charge in [-0.3, -0.25) is 4.79 Å². The van der Waals surface area contributed by atoms with Crippen molar-refractivity contribution in [2.45, 2.75) is 13.0 Å². The normalized spacial score (nSPS) is 10.8. The fourth-order valence-electron chi connectivity index (χ4n) is 2.84. The Balaban J connectivity index is 1.36. The van der Waals surface area contributed by atoms with Crippen molar-refractivity contribution in [1.82, 2.24) is 25.4 Å². The van der Waals surface area contributed by atoms with E-state index >= 15 is 0 Å². The number of carbonyl (C=O) groups is 1. The van der Waals surface area contributed by atoms with Gasteiger partial charge in [-0.25, -0.2) is 9.97 Å². The van der Waals surface area contributed by atoms with Gasteiger partial charge >= 0.3 is 11.8 Å². The highest BCUT2D eigenvalue weighted by Gasteiger charge is 2.16. The number of halogens is 2. The second-order valence-electron chi connectivity index (χ2n) is 6.61. The highest BCUT2D eigenvalue weighted by molar-refractivity contribution is 6.37. The van der Waals surface area contributed by atoms with Gasteiger partial charge in [0.2, 0.25) is 0 Å². The summed E-state index contributed by atoms with van der Waals surface area (Å²) < 4.78 is 5.05. The molecule has 2 N–H and O–H groups in total. The number of nitrogens with zero attached hydrogens (tertiary/aromatic N) is 4.